The molecule has 1 N–H and O–H groups in total. The van der Waals surface area contributed by atoms with Gasteiger partial charge in [0.1, 0.15) is 22.4 Å². The third-order valence-corrected chi connectivity index (χ3v) is 6.57. The number of aromatic nitrogens is 2. The lowest BCUT2D eigenvalue weighted by atomic mass is 10.2. The number of rotatable bonds is 5. The van der Waals surface area contributed by atoms with Crippen LogP contribution in [-0.2, 0) is 4.74 Å². The standard InChI is InChI=1S/C19H21FN6O2S3/c1-12(29)21-9-14-10-26(19(27)28-14)13-2-3-16(15(20)8-13)24-4-6-25(7-5-24)18(30)17-23-22-11-31-17/h2-3,8,11,14H,4-7,9-10H2,1H3,(H,21,29)/t14-/m0/s1. The van der Waals surface area contributed by atoms with E-state index in [9.17, 15) is 9.18 Å². The molecule has 1 aromatic heterocycles. The number of benzene rings is 1. The summed E-state index contributed by atoms with van der Waals surface area (Å²) in [5, 5.41) is 11.6. The van der Waals surface area contributed by atoms with Crippen LogP contribution >= 0.6 is 35.8 Å². The molecule has 1 atom stereocenters. The normalized spacial score (nSPS) is 18.8. The lowest BCUT2D eigenvalue weighted by Gasteiger charge is -2.37. The molecule has 2 fully saturated rings. The quantitative estimate of drug-likeness (QED) is 0.650. The van der Waals surface area contributed by atoms with Crippen LogP contribution in [0, 0.1) is 5.82 Å². The van der Waals surface area contributed by atoms with E-state index in [4.69, 9.17) is 29.2 Å². The predicted molar refractivity (Wildman–Crippen MR) is 126 cm³/mol. The predicted octanol–water partition coefficient (Wildman–Crippen LogP) is 2.44. The summed E-state index contributed by atoms with van der Waals surface area (Å²) < 4.78 is 20.3. The van der Waals surface area contributed by atoms with Crippen molar-refractivity contribution in [2.75, 3.05) is 49.1 Å². The minimum atomic E-state index is -0.486. The molecule has 2 saturated heterocycles. The van der Waals surface area contributed by atoms with Crippen LogP contribution in [0.25, 0.3) is 0 Å². The Morgan fingerprint density at radius 3 is 2.74 bits per heavy atom. The zero-order valence-corrected chi connectivity index (χ0v) is 19.2. The maximum Gasteiger partial charge on any atom is 0.414 e. The highest BCUT2D eigenvalue weighted by atomic mass is 32.1. The molecule has 0 unspecified atom stereocenters. The van der Waals surface area contributed by atoms with Crippen LogP contribution in [-0.4, -0.2) is 76.5 Å². The van der Waals surface area contributed by atoms with Crippen LogP contribution in [0.4, 0.5) is 20.6 Å². The Balaban J connectivity index is 1.38. The van der Waals surface area contributed by atoms with Crippen molar-refractivity contribution in [3.05, 3.63) is 34.5 Å². The van der Waals surface area contributed by atoms with Gasteiger partial charge in [0.15, 0.2) is 5.01 Å². The third-order valence-electron chi connectivity index (χ3n) is 5.15. The van der Waals surface area contributed by atoms with Crippen molar-refractivity contribution in [2.45, 2.75) is 13.0 Å². The molecule has 0 spiro atoms. The number of hydrogen-bond donors (Lipinski definition) is 1. The molecule has 31 heavy (non-hydrogen) atoms. The van der Waals surface area contributed by atoms with E-state index < -0.39 is 6.09 Å². The molecule has 0 radical (unpaired) electrons. The number of amides is 1. The highest BCUT2D eigenvalue weighted by Crippen LogP contribution is 2.28. The van der Waals surface area contributed by atoms with Gasteiger partial charge in [-0.2, -0.15) is 0 Å². The van der Waals surface area contributed by atoms with Gasteiger partial charge >= 0.3 is 6.09 Å². The number of ether oxygens (including phenoxy) is 1. The molecule has 8 nitrogen and oxygen atoms in total. The Hall–Kier alpha value is -2.44. The Morgan fingerprint density at radius 1 is 1.32 bits per heavy atom. The summed E-state index contributed by atoms with van der Waals surface area (Å²) in [6.07, 6.45) is -0.821. The second-order valence-electron chi connectivity index (χ2n) is 7.21. The van der Waals surface area contributed by atoms with E-state index in [1.54, 1.807) is 24.6 Å². The molecule has 1 amide bonds. The van der Waals surface area contributed by atoms with Gasteiger partial charge in [0.25, 0.3) is 0 Å². The zero-order valence-electron chi connectivity index (χ0n) is 16.8. The van der Waals surface area contributed by atoms with Crippen molar-refractivity contribution in [2.24, 2.45) is 0 Å². The number of carbonyl (C=O) groups is 1. The van der Waals surface area contributed by atoms with E-state index in [2.05, 4.69) is 20.4 Å². The van der Waals surface area contributed by atoms with E-state index in [-0.39, 0.29) is 11.9 Å². The lowest BCUT2D eigenvalue weighted by molar-refractivity contribution is 0.143. The fourth-order valence-corrected chi connectivity index (χ4v) is 4.54. The number of nitrogens with zero attached hydrogens (tertiary/aromatic N) is 5. The number of hydrogen-bond acceptors (Lipinski definition) is 8. The van der Waals surface area contributed by atoms with Gasteiger partial charge in [0, 0.05) is 26.2 Å². The number of piperazine rings is 1. The lowest BCUT2D eigenvalue weighted by Crippen LogP contribution is -2.48. The molecular formula is C19H21FN6O2S3. The summed E-state index contributed by atoms with van der Waals surface area (Å²) in [6, 6.07) is 4.84. The molecule has 4 rings (SSSR count). The summed E-state index contributed by atoms with van der Waals surface area (Å²) in [7, 11) is 0. The van der Waals surface area contributed by atoms with Crippen molar-refractivity contribution < 1.29 is 13.9 Å². The molecule has 0 saturated carbocycles. The average molecular weight is 481 g/mol. The zero-order chi connectivity index (χ0) is 22.0. The number of halogens is 1. The molecule has 164 valence electrons. The van der Waals surface area contributed by atoms with Crippen molar-refractivity contribution in [1.82, 2.24) is 20.4 Å². The van der Waals surface area contributed by atoms with E-state index in [0.29, 0.717) is 60.6 Å². The molecule has 0 aliphatic carbocycles. The molecule has 1 aromatic carbocycles. The fraction of sp³-hybridized carbons (Fsp3) is 0.421. The maximum atomic E-state index is 14.9. The van der Waals surface area contributed by atoms with Gasteiger partial charge in [-0.1, -0.05) is 35.8 Å². The number of thiocarbonyl (C=S) groups is 2. The van der Waals surface area contributed by atoms with Crippen molar-refractivity contribution in [3.8, 4) is 0 Å². The largest absolute Gasteiger partial charge is 0.442 e. The van der Waals surface area contributed by atoms with Crippen LogP contribution in [0.2, 0.25) is 0 Å². The van der Waals surface area contributed by atoms with Gasteiger partial charge in [0.05, 0.1) is 29.5 Å². The van der Waals surface area contributed by atoms with E-state index in [1.165, 1.54) is 22.3 Å². The van der Waals surface area contributed by atoms with Gasteiger partial charge < -0.3 is 19.9 Å². The van der Waals surface area contributed by atoms with Crippen molar-refractivity contribution in [1.29, 1.82) is 0 Å². The number of cyclic esters (lactones) is 1. The highest BCUT2D eigenvalue weighted by Gasteiger charge is 2.33. The minimum Gasteiger partial charge on any atom is -0.442 e. The second kappa shape index (κ2) is 9.37. The van der Waals surface area contributed by atoms with Gasteiger partial charge in [-0.05, 0) is 25.1 Å². The fourth-order valence-electron chi connectivity index (χ4n) is 3.57. The first-order valence-corrected chi connectivity index (χ1v) is 11.4. The number of nitrogens with one attached hydrogen (secondary N) is 1. The highest BCUT2D eigenvalue weighted by molar-refractivity contribution is 7.81. The second-order valence-corrected chi connectivity index (χ2v) is 9.04. The Bertz CT molecular complexity index is 981. The number of anilines is 2. The minimum absolute atomic E-state index is 0.335. The monoisotopic (exact) mass is 480 g/mol. The first-order valence-electron chi connectivity index (χ1n) is 9.75. The SMILES string of the molecule is CC(=S)NC[C@H]1CN(c2ccc(N3CCN(C(=S)c4nncs4)CC3)c(F)c2)C(=O)O1. The van der Waals surface area contributed by atoms with Gasteiger partial charge in [-0.25, -0.2) is 9.18 Å². The molecule has 2 aliphatic rings. The summed E-state index contributed by atoms with van der Waals surface area (Å²) in [5.74, 6) is -0.373. The molecule has 12 heteroatoms. The topological polar surface area (TPSA) is 73.8 Å². The van der Waals surface area contributed by atoms with Gasteiger partial charge in [-0.15, -0.1) is 10.2 Å². The Morgan fingerprint density at radius 2 is 2.10 bits per heavy atom. The average Bonchev–Trinajstić information content (AvgIpc) is 3.42. The Labute approximate surface area is 194 Å². The molecule has 2 aromatic rings. The van der Waals surface area contributed by atoms with E-state index >= 15 is 0 Å². The van der Waals surface area contributed by atoms with Crippen LogP contribution < -0.4 is 15.1 Å². The summed E-state index contributed by atoms with van der Waals surface area (Å²) in [4.78, 5) is 19.0. The molecular weight excluding hydrogens is 459 g/mol. The number of carbonyl (C=O) groups excluding carboxylic acids is 1. The maximum absolute atomic E-state index is 14.9. The molecule has 3 heterocycles. The summed E-state index contributed by atoms with van der Waals surface area (Å²) >= 11 is 11.9. The molecule has 2 aliphatic heterocycles. The van der Waals surface area contributed by atoms with Crippen LogP contribution in [0.15, 0.2) is 23.7 Å². The van der Waals surface area contributed by atoms with E-state index in [1.807, 2.05) is 4.90 Å². The first-order chi connectivity index (χ1) is 14.9. The first kappa shape index (κ1) is 21.8. The van der Waals surface area contributed by atoms with E-state index in [0.717, 1.165) is 5.01 Å². The van der Waals surface area contributed by atoms with Crippen LogP contribution in [0.1, 0.15) is 11.9 Å². The smallest absolute Gasteiger partial charge is 0.414 e. The van der Waals surface area contributed by atoms with Gasteiger partial charge in [0.2, 0.25) is 0 Å². The van der Waals surface area contributed by atoms with Crippen molar-refractivity contribution >= 4 is 63.2 Å². The molecule has 0 bridgehead atoms. The van der Waals surface area contributed by atoms with Crippen molar-refractivity contribution in [3.63, 3.8) is 0 Å². The van der Waals surface area contributed by atoms with Crippen LogP contribution in [0.3, 0.4) is 0 Å². The Kier molecular flexibility index (Phi) is 6.58. The summed E-state index contributed by atoms with van der Waals surface area (Å²) in [5.41, 5.74) is 2.64. The third kappa shape index (κ3) is 4.91. The summed E-state index contributed by atoms with van der Waals surface area (Å²) in [6.45, 7) is 5.15. The van der Waals surface area contributed by atoms with Gasteiger partial charge in [-0.3, -0.25) is 4.90 Å². The van der Waals surface area contributed by atoms with Crippen LogP contribution in [0.5, 0.6) is 0 Å².